The van der Waals surface area contributed by atoms with Gasteiger partial charge in [0.15, 0.2) is 0 Å². The van der Waals surface area contributed by atoms with Gasteiger partial charge in [-0.05, 0) is 96.3 Å². The third-order valence-corrected chi connectivity index (χ3v) is 9.75. The molecule has 0 bridgehead atoms. The van der Waals surface area contributed by atoms with Crippen LogP contribution in [0.2, 0.25) is 0 Å². The second-order valence-electron chi connectivity index (χ2n) is 12.3. The van der Waals surface area contributed by atoms with Crippen LogP contribution in [0.15, 0.2) is 35.2 Å². The normalized spacial score (nSPS) is 20.6. The Kier molecular flexibility index (Phi) is 7.28. The number of rotatable bonds is 4. The highest BCUT2D eigenvalue weighted by molar-refractivity contribution is 7.80. The van der Waals surface area contributed by atoms with E-state index in [1.807, 2.05) is 0 Å². The van der Waals surface area contributed by atoms with E-state index >= 15 is 0 Å². The Labute approximate surface area is 210 Å². The summed E-state index contributed by atoms with van der Waals surface area (Å²) in [4.78, 5) is 1.36. The van der Waals surface area contributed by atoms with Gasteiger partial charge >= 0.3 is 0 Å². The van der Waals surface area contributed by atoms with E-state index in [0.717, 1.165) is 0 Å². The summed E-state index contributed by atoms with van der Waals surface area (Å²) < 4.78 is 0. The van der Waals surface area contributed by atoms with Crippen molar-refractivity contribution in [1.82, 2.24) is 0 Å². The Morgan fingerprint density at radius 3 is 1.21 bits per heavy atom. The van der Waals surface area contributed by atoms with Crippen molar-refractivity contribution in [2.24, 2.45) is 0 Å². The Hall–Kier alpha value is -1.21. The van der Waals surface area contributed by atoms with Crippen LogP contribution in [-0.2, 0) is 21.7 Å². The molecule has 0 saturated heterocycles. The second kappa shape index (κ2) is 9.10. The fraction of sp³-hybridized carbons (Fsp3) is 0.625. The quantitative estimate of drug-likeness (QED) is 0.428. The van der Waals surface area contributed by atoms with E-state index in [-0.39, 0.29) is 10.8 Å². The van der Waals surface area contributed by atoms with E-state index in [1.54, 1.807) is 22.3 Å². The maximum absolute atomic E-state index is 5.29. The lowest BCUT2D eigenvalue weighted by atomic mass is 9.72. The summed E-state index contributed by atoms with van der Waals surface area (Å²) in [5.41, 5.74) is 10.2. The number of hydrogen-bond acceptors (Lipinski definition) is 1. The van der Waals surface area contributed by atoms with Gasteiger partial charge in [0, 0.05) is 4.90 Å². The molecule has 0 aliphatic heterocycles. The van der Waals surface area contributed by atoms with Crippen LogP contribution in [-0.4, -0.2) is 0 Å². The van der Waals surface area contributed by atoms with Crippen molar-refractivity contribution in [1.29, 1.82) is 0 Å². The average molecular weight is 465 g/mol. The fourth-order valence-electron chi connectivity index (χ4n) is 7.21. The summed E-state index contributed by atoms with van der Waals surface area (Å²) in [5.74, 6) is 0. The van der Waals surface area contributed by atoms with Crippen LogP contribution in [0.5, 0.6) is 0 Å². The first-order chi connectivity index (χ1) is 15.3. The first-order valence-electron chi connectivity index (χ1n) is 13.3. The van der Waals surface area contributed by atoms with Crippen LogP contribution in [0.4, 0.5) is 0 Å². The second-order valence-corrected chi connectivity index (χ2v) is 12.8. The van der Waals surface area contributed by atoms with E-state index in [2.05, 4.69) is 99.6 Å². The minimum Gasteiger partial charge on any atom is -0.143 e. The van der Waals surface area contributed by atoms with Gasteiger partial charge in [-0.1, -0.05) is 96.8 Å². The summed E-state index contributed by atoms with van der Waals surface area (Å²) in [6.45, 7) is 23.5. The molecule has 182 valence electrons. The molecule has 33 heavy (non-hydrogen) atoms. The standard InChI is InChI=1S/C24H38S.C8H10/c1-9-23(10-2)14-21(5,6)16-13-17-19(20(25)18(16)23)24(11-3,12-4)15-22(17,7)8;1-7-3-5-8(2)6-4-7/h13,25H,9-12,14-15H2,1-8H3;3-6H,1-2H3. The molecule has 0 aromatic heterocycles. The average Bonchev–Trinajstić information content (AvgIpc) is 3.16. The van der Waals surface area contributed by atoms with Crippen LogP contribution in [0.3, 0.4) is 0 Å². The van der Waals surface area contributed by atoms with Crippen LogP contribution >= 0.6 is 12.6 Å². The zero-order valence-electron chi connectivity index (χ0n) is 23.1. The number of thiol groups is 1. The van der Waals surface area contributed by atoms with E-state index in [4.69, 9.17) is 12.6 Å². The maximum Gasteiger partial charge on any atom is 0.0121 e. The Bertz CT molecular complexity index is 905. The molecule has 0 unspecified atom stereocenters. The van der Waals surface area contributed by atoms with Gasteiger partial charge in [0.1, 0.15) is 0 Å². The third-order valence-electron chi connectivity index (χ3n) is 9.31. The van der Waals surface area contributed by atoms with Gasteiger partial charge in [0.05, 0.1) is 0 Å². The van der Waals surface area contributed by atoms with Gasteiger partial charge in [-0.15, -0.1) is 12.6 Å². The monoisotopic (exact) mass is 464 g/mol. The van der Waals surface area contributed by atoms with Gasteiger partial charge in [0.2, 0.25) is 0 Å². The van der Waals surface area contributed by atoms with E-state index in [1.165, 1.54) is 54.5 Å². The van der Waals surface area contributed by atoms with Crippen molar-refractivity contribution in [2.45, 2.75) is 134 Å². The number of benzene rings is 2. The lowest BCUT2D eigenvalue weighted by Gasteiger charge is -2.34. The highest BCUT2D eigenvalue weighted by atomic mass is 32.1. The molecule has 0 saturated carbocycles. The fourth-order valence-corrected chi connectivity index (χ4v) is 7.93. The van der Waals surface area contributed by atoms with Crippen molar-refractivity contribution in [3.8, 4) is 0 Å². The predicted molar refractivity (Wildman–Crippen MR) is 149 cm³/mol. The summed E-state index contributed by atoms with van der Waals surface area (Å²) in [7, 11) is 0. The van der Waals surface area contributed by atoms with Crippen molar-refractivity contribution >= 4 is 12.6 Å². The van der Waals surface area contributed by atoms with Crippen LogP contribution in [0.1, 0.15) is 127 Å². The van der Waals surface area contributed by atoms with E-state index in [0.29, 0.717) is 10.8 Å². The van der Waals surface area contributed by atoms with Crippen molar-refractivity contribution in [3.63, 3.8) is 0 Å². The zero-order chi connectivity index (χ0) is 24.8. The number of aryl methyl sites for hydroxylation is 2. The molecule has 0 atom stereocenters. The van der Waals surface area contributed by atoms with Gasteiger partial charge in [-0.2, -0.15) is 0 Å². The summed E-state index contributed by atoms with van der Waals surface area (Å²) in [6.07, 6.45) is 7.43. The molecule has 2 aliphatic carbocycles. The van der Waals surface area contributed by atoms with Crippen LogP contribution < -0.4 is 0 Å². The summed E-state index contributed by atoms with van der Waals surface area (Å²) in [6, 6.07) is 11.1. The molecule has 2 aliphatic rings. The zero-order valence-corrected chi connectivity index (χ0v) is 24.0. The SMILES string of the molecule is CCC1(CC)CC(C)(C)c2cc3c(c(S)c21)C(CC)(CC)CC3(C)C.Cc1ccc(C)cc1. The molecule has 2 aromatic carbocycles. The maximum atomic E-state index is 5.29. The smallest absolute Gasteiger partial charge is 0.0121 e. The van der Waals surface area contributed by atoms with E-state index in [9.17, 15) is 0 Å². The molecule has 0 spiro atoms. The summed E-state index contributed by atoms with van der Waals surface area (Å²) >= 11 is 5.29. The molecule has 1 heteroatoms. The highest BCUT2D eigenvalue weighted by Crippen LogP contribution is 2.62. The van der Waals surface area contributed by atoms with Crippen LogP contribution in [0, 0.1) is 13.8 Å². The van der Waals surface area contributed by atoms with Gasteiger partial charge in [-0.25, -0.2) is 0 Å². The topological polar surface area (TPSA) is 0 Å². The highest BCUT2D eigenvalue weighted by Gasteiger charge is 2.53. The Balaban J connectivity index is 0.000000323. The number of hydrogen-bond donors (Lipinski definition) is 1. The molecule has 0 heterocycles. The molecule has 0 nitrogen and oxygen atoms in total. The molecule has 0 radical (unpaired) electrons. The molecule has 2 aromatic rings. The molecule has 4 rings (SSSR count). The van der Waals surface area contributed by atoms with Gasteiger partial charge in [0.25, 0.3) is 0 Å². The Morgan fingerprint density at radius 2 is 0.939 bits per heavy atom. The molecular formula is C32H48S. The molecule has 0 fully saturated rings. The minimum absolute atomic E-state index is 0.258. The minimum atomic E-state index is 0.258. The van der Waals surface area contributed by atoms with Gasteiger partial charge in [-0.3, -0.25) is 0 Å². The van der Waals surface area contributed by atoms with Crippen molar-refractivity contribution in [3.05, 3.63) is 63.7 Å². The largest absolute Gasteiger partial charge is 0.143 e. The number of fused-ring (bicyclic) bond motifs is 2. The molecule has 0 amide bonds. The first kappa shape index (κ1) is 26.4. The Morgan fingerprint density at radius 1 is 0.636 bits per heavy atom. The molecule has 0 N–H and O–H groups in total. The van der Waals surface area contributed by atoms with E-state index < -0.39 is 0 Å². The predicted octanol–water partition coefficient (Wildman–Crippen LogP) is 9.76. The molecular weight excluding hydrogens is 416 g/mol. The van der Waals surface area contributed by atoms with Gasteiger partial charge < -0.3 is 0 Å². The third kappa shape index (κ3) is 4.33. The van der Waals surface area contributed by atoms with Crippen LogP contribution in [0.25, 0.3) is 0 Å². The lowest BCUT2D eigenvalue weighted by Crippen LogP contribution is -2.26. The lowest BCUT2D eigenvalue weighted by molar-refractivity contribution is 0.316. The summed E-state index contributed by atoms with van der Waals surface area (Å²) in [5, 5.41) is 0. The van der Waals surface area contributed by atoms with Crippen molar-refractivity contribution in [2.75, 3.05) is 0 Å². The van der Waals surface area contributed by atoms with Crippen molar-refractivity contribution < 1.29 is 0 Å². The first-order valence-corrected chi connectivity index (χ1v) is 13.7.